The first-order valence-corrected chi connectivity index (χ1v) is 9.48. The predicted molar refractivity (Wildman–Crippen MR) is 97.2 cm³/mol. The summed E-state index contributed by atoms with van der Waals surface area (Å²) in [6.45, 7) is 7.19. The van der Waals surface area contributed by atoms with Crippen LogP contribution < -0.4 is 4.90 Å². The average molecular weight is 313 g/mol. The van der Waals surface area contributed by atoms with Gasteiger partial charge in [-0.05, 0) is 64.8 Å². The van der Waals surface area contributed by atoms with Crippen molar-refractivity contribution < 1.29 is 0 Å². The minimum Gasteiger partial charge on any atom is -0.371 e. The third kappa shape index (κ3) is 3.14. The minimum absolute atomic E-state index is 0.820. The fourth-order valence-corrected chi connectivity index (χ4v) is 5.05. The van der Waals surface area contributed by atoms with Gasteiger partial charge in [-0.1, -0.05) is 17.7 Å². The zero-order chi connectivity index (χ0) is 15.8. The second-order valence-electron chi connectivity index (χ2n) is 7.94. The zero-order valence-corrected chi connectivity index (χ0v) is 14.7. The van der Waals surface area contributed by atoms with Crippen molar-refractivity contribution in [3.05, 3.63) is 29.8 Å². The summed E-state index contributed by atoms with van der Waals surface area (Å²) in [7, 11) is 2.30. The summed E-state index contributed by atoms with van der Waals surface area (Å²) >= 11 is 0. The second kappa shape index (κ2) is 6.45. The Bertz CT molecular complexity index is 518. The molecule has 0 saturated carbocycles. The molecule has 3 saturated heterocycles. The third-order valence-electron chi connectivity index (χ3n) is 6.33. The first kappa shape index (κ1) is 15.5. The van der Waals surface area contributed by atoms with Gasteiger partial charge in [0.1, 0.15) is 0 Å². The highest BCUT2D eigenvalue weighted by Gasteiger charge is 2.40. The largest absolute Gasteiger partial charge is 0.371 e. The number of aryl methyl sites for hydroxylation is 1. The maximum Gasteiger partial charge on any atom is 0.0366 e. The molecule has 1 aromatic carbocycles. The van der Waals surface area contributed by atoms with Gasteiger partial charge in [-0.3, -0.25) is 4.90 Å². The van der Waals surface area contributed by atoms with Gasteiger partial charge in [-0.2, -0.15) is 0 Å². The summed E-state index contributed by atoms with van der Waals surface area (Å²) < 4.78 is 0. The van der Waals surface area contributed by atoms with Gasteiger partial charge in [-0.25, -0.2) is 0 Å². The molecular weight excluding hydrogens is 282 g/mol. The molecule has 3 aliphatic heterocycles. The predicted octanol–water partition coefficient (Wildman–Crippen LogP) is 3.13. The van der Waals surface area contributed by atoms with E-state index in [4.69, 9.17) is 0 Å². The number of fused-ring (bicyclic) bond motifs is 2. The van der Waals surface area contributed by atoms with Crippen LogP contribution in [0.3, 0.4) is 0 Å². The molecule has 2 atom stereocenters. The van der Waals surface area contributed by atoms with Gasteiger partial charge in [0.25, 0.3) is 0 Å². The monoisotopic (exact) mass is 313 g/mol. The molecule has 1 aromatic rings. The Balaban J connectivity index is 1.40. The minimum atomic E-state index is 0.820. The quantitative estimate of drug-likeness (QED) is 0.830. The van der Waals surface area contributed by atoms with Gasteiger partial charge in [-0.15, -0.1) is 0 Å². The van der Waals surface area contributed by atoms with E-state index in [2.05, 4.69) is 52.9 Å². The Morgan fingerprint density at radius 2 is 1.39 bits per heavy atom. The summed E-state index contributed by atoms with van der Waals surface area (Å²) in [4.78, 5) is 8.08. The number of nitrogens with zero attached hydrogens (tertiary/aromatic N) is 3. The van der Waals surface area contributed by atoms with E-state index in [1.165, 1.54) is 69.5 Å². The number of hydrogen-bond acceptors (Lipinski definition) is 3. The first-order valence-electron chi connectivity index (χ1n) is 9.48. The summed E-state index contributed by atoms with van der Waals surface area (Å²) in [6.07, 6.45) is 6.92. The van der Waals surface area contributed by atoms with Crippen molar-refractivity contribution in [1.82, 2.24) is 9.80 Å². The van der Waals surface area contributed by atoms with Crippen LogP contribution in [-0.4, -0.2) is 61.2 Å². The van der Waals surface area contributed by atoms with Crippen LogP contribution in [0.1, 0.15) is 37.7 Å². The molecule has 3 nitrogen and oxygen atoms in total. The molecule has 23 heavy (non-hydrogen) atoms. The normalized spacial score (nSPS) is 30.6. The van der Waals surface area contributed by atoms with E-state index >= 15 is 0 Å². The maximum absolute atomic E-state index is 2.94. The van der Waals surface area contributed by atoms with Gasteiger partial charge in [0.15, 0.2) is 0 Å². The lowest BCUT2D eigenvalue weighted by Crippen LogP contribution is -2.50. The third-order valence-corrected chi connectivity index (χ3v) is 6.33. The van der Waals surface area contributed by atoms with Crippen LogP contribution in [0.2, 0.25) is 0 Å². The van der Waals surface area contributed by atoms with Crippen LogP contribution in [0.5, 0.6) is 0 Å². The Morgan fingerprint density at radius 3 is 2.13 bits per heavy atom. The van der Waals surface area contributed by atoms with E-state index in [0.717, 1.165) is 18.1 Å². The van der Waals surface area contributed by atoms with E-state index in [0.29, 0.717) is 0 Å². The summed E-state index contributed by atoms with van der Waals surface area (Å²) in [5, 5.41) is 0. The number of likely N-dealkylation sites (N-methyl/N-ethyl adjacent to an activating group) is 1. The number of anilines is 1. The number of hydrogen-bond donors (Lipinski definition) is 0. The van der Waals surface area contributed by atoms with Crippen molar-refractivity contribution >= 4 is 5.69 Å². The first-order chi connectivity index (χ1) is 11.2. The van der Waals surface area contributed by atoms with E-state index in [9.17, 15) is 0 Å². The van der Waals surface area contributed by atoms with E-state index in [1.54, 1.807) is 0 Å². The highest BCUT2D eigenvalue weighted by atomic mass is 15.3. The molecule has 2 bridgehead atoms. The van der Waals surface area contributed by atoms with Crippen LogP contribution in [0.25, 0.3) is 0 Å². The number of benzene rings is 1. The summed E-state index contributed by atoms with van der Waals surface area (Å²) in [5.74, 6) is 0. The van der Waals surface area contributed by atoms with Gasteiger partial charge >= 0.3 is 0 Å². The SMILES string of the molecule is Cc1ccc(N2CCC(N3[C@@H]4CC[C@H]3CN(C)CC4)CC2)cc1. The Morgan fingerprint density at radius 1 is 0.783 bits per heavy atom. The number of rotatable bonds is 2. The smallest absolute Gasteiger partial charge is 0.0366 e. The van der Waals surface area contributed by atoms with Crippen LogP contribution in [0.15, 0.2) is 24.3 Å². The molecule has 0 aromatic heterocycles. The van der Waals surface area contributed by atoms with Crippen molar-refractivity contribution in [2.45, 2.75) is 57.2 Å². The zero-order valence-electron chi connectivity index (χ0n) is 14.7. The molecule has 3 aliphatic rings. The topological polar surface area (TPSA) is 9.72 Å². The Hall–Kier alpha value is -1.06. The highest BCUT2D eigenvalue weighted by Crippen LogP contribution is 2.35. The van der Waals surface area contributed by atoms with Crippen LogP contribution in [0.4, 0.5) is 5.69 Å². The molecule has 0 N–H and O–H groups in total. The van der Waals surface area contributed by atoms with Gasteiger partial charge in [0, 0.05) is 43.4 Å². The molecule has 0 unspecified atom stereocenters. The van der Waals surface area contributed by atoms with Crippen molar-refractivity contribution in [3.8, 4) is 0 Å². The van der Waals surface area contributed by atoms with E-state index in [1.807, 2.05) is 0 Å². The molecule has 3 fully saturated rings. The Kier molecular flexibility index (Phi) is 4.33. The molecular formula is C20H31N3. The van der Waals surface area contributed by atoms with Crippen molar-refractivity contribution in [1.29, 1.82) is 0 Å². The maximum atomic E-state index is 2.94. The number of likely N-dealkylation sites (tertiary alicyclic amines) is 1. The standard InChI is InChI=1S/C20H31N3/c1-16-3-5-17(6-4-16)22-13-10-19(11-14-22)23-18-7-8-20(23)15-21(2)12-9-18/h3-6,18-20H,7-15H2,1-2H3/t18-,20+/m1/s1. The molecule has 3 heterocycles. The highest BCUT2D eigenvalue weighted by molar-refractivity contribution is 5.47. The van der Waals surface area contributed by atoms with Gasteiger partial charge in [0.2, 0.25) is 0 Å². The van der Waals surface area contributed by atoms with Crippen molar-refractivity contribution in [2.75, 3.05) is 38.1 Å². The summed E-state index contributed by atoms with van der Waals surface area (Å²) in [5.41, 5.74) is 2.77. The number of piperidine rings is 1. The molecule has 0 amide bonds. The van der Waals surface area contributed by atoms with E-state index in [-0.39, 0.29) is 0 Å². The molecule has 0 aliphatic carbocycles. The van der Waals surface area contributed by atoms with Crippen LogP contribution in [0, 0.1) is 6.92 Å². The van der Waals surface area contributed by atoms with Crippen molar-refractivity contribution in [3.63, 3.8) is 0 Å². The van der Waals surface area contributed by atoms with Crippen LogP contribution >= 0.6 is 0 Å². The van der Waals surface area contributed by atoms with Crippen LogP contribution in [-0.2, 0) is 0 Å². The lowest BCUT2D eigenvalue weighted by atomic mass is 10.00. The molecule has 0 radical (unpaired) electrons. The summed E-state index contributed by atoms with van der Waals surface area (Å²) in [6, 6.07) is 11.6. The van der Waals surface area contributed by atoms with Gasteiger partial charge in [0.05, 0.1) is 0 Å². The molecule has 0 spiro atoms. The fraction of sp³-hybridized carbons (Fsp3) is 0.700. The molecule has 126 valence electrons. The average Bonchev–Trinajstić information content (AvgIpc) is 2.87. The molecule has 3 heteroatoms. The van der Waals surface area contributed by atoms with Gasteiger partial charge < -0.3 is 9.80 Å². The molecule has 4 rings (SSSR count). The van der Waals surface area contributed by atoms with E-state index < -0.39 is 0 Å². The van der Waals surface area contributed by atoms with Crippen molar-refractivity contribution in [2.24, 2.45) is 0 Å². The fourth-order valence-electron chi connectivity index (χ4n) is 5.05. The lowest BCUT2D eigenvalue weighted by Gasteiger charge is -2.42. The second-order valence-corrected chi connectivity index (χ2v) is 7.94. The lowest BCUT2D eigenvalue weighted by molar-refractivity contribution is 0.111. The Labute approximate surface area is 141 Å².